The van der Waals surface area contributed by atoms with Crippen molar-refractivity contribution in [3.05, 3.63) is 24.0 Å². The number of aromatic hydroxyl groups is 1. The summed E-state index contributed by atoms with van der Waals surface area (Å²) in [7, 11) is 0. The molecule has 0 bridgehead atoms. The van der Waals surface area contributed by atoms with Gasteiger partial charge in [0.05, 0.1) is 11.8 Å². The fourth-order valence-electron chi connectivity index (χ4n) is 1.54. The average molecular weight is 222 g/mol. The van der Waals surface area contributed by atoms with Crippen molar-refractivity contribution >= 4 is 5.91 Å². The third-order valence-corrected chi connectivity index (χ3v) is 2.55. The van der Waals surface area contributed by atoms with Gasteiger partial charge in [-0.25, -0.2) is 0 Å². The molecule has 1 rings (SSSR count). The zero-order chi connectivity index (χ0) is 12.1. The minimum absolute atomic E-state index is 0.00486. The Balaban J connectivity index is 2.72. The summed E-state index contributed by atoms with van der Waals surface area (Å²) in [5, 5.41) is 12.1. The van der Waals surface area contributed by atoms with E-state index >= 15 is 0 Å². The Hall–Kier alpha value is -1.58. The van der Waals surface area contributed by atoms with Gasteiger partial charge in [-0.1, -0.05) is 20.8 Å². The number of nitrogens with zero attached hydrogens (tertiary/aromatic N) is 1. The Bertz CT molecular complexity index is 364. The smallest absolute Gasteiger partial charge is 0.253 e. The molecule has 88 valence electrons. The number of hydrogen-bond donors (Lipinski definition) is 2. The first kappa shape index (κ1) is 12.5. The lowest BCUT2D eigenvalue weighted by molar-refractivity contribution is 0.0924. The fourth-order valence-corrected chi connectivity index (χ4v) is 1.54. The molecule has 1 aromatic heterocycles. The SMILES string of the molecule is CCC(NC(=O)c1cncc(O)c1)C(C)C. The van der Waals surface area contributed by atoms with E-state index in [9.17, 15) is 9.90 Å². The second-order valence-corrected chi connectivity index (χ2v) is 4.16. The van der Waals surface area contributed by atoms with Gasteiger partial charge in [0.2, 0.25) is 0 Å². The first-order valence-electron chi connectivity index (χ1n) is 5.49. The van der Waals surface area contributed by atoms with Crippen LogP contribution in [0.2, 0.25) is 0 Å². The maximum atomic E-state index is 11.8. The van der Waals surface area contributed by atoms with Crippen LogP contribution in [0.1, 0.15) is 37.6 Å². The fraction of sp³-hybridized carbons (Fsp3) is 0.500. The predicted octanol–water partition coefficient (Wildman–Crippen LogP) is 1.95. The zero-order valence-electron chi connectivity index (χ0n) is 9.90. The molecule has 4 heteroatoms. The molecule has 0 aliphatic heterocycles. The van der Waals surface area contributed by atoms with E-state index in [0.29, 0.717) is 11.5 Å². The summed E-state index contributed by atoms with van der Waals surface area (Å²) in [5.74, 6) is 0.202. The molecule has 4 nitrogen and oxygen atoms in total. The molecule has 0 saturated heterocycles. The van der Waals surface area contributed by atoms with Crippen LogP contribution in [0.5, 0.6) is 5.75 Å². The molecule has 0 aliphatic rings. The van der Waals surface area contributed by atoms with Gasteiger partial charge in [-0.05, 0) is 18.4 Å². The summed E-state index contributed by atoms with van der Waals surface area (Å²) in [4.78, 5) is 15.6. The highest BCUT2D eigenvalue weighted by Crippen LogP contribution is 2.10. The van der Waals surface area contributed by atoms with Crippen molar-refractivity contribution in [2.75, 3.05) is 0 Å². The third-order valence-electron chi connectivity index (χ3n) is 2.55. The lowest BCUT2D eigenvalue weighted by Gasteiger charge is -2.20. The number of carbonyl (C=O) groups excluding carboxylic acids is 1. The van der Waals surface area contributed by atoms with Gasteiger partial charge in [0.25, 0.3) is 5.91 Å². The Kier molecular flexibility index (Phi) is 4.28. The molecular formula is C12H18N2O2. The monoisotopic (exact) mass is 222 g/mol. The van der Waals surface area contributed by atoms with Gasteiger partial charge in [0.1, 0.15) is 5.75 Å². The molecule has 1 unspecified atom stereocenters. The Morgan fingerprint density at radius 2 is 2.19 bits per heavy atom. The van der Waals surface area contributed by atoms with Crippen molar-refractivity contribution in [3.63, 3.8) is 0 Å². The number of nitrogens with one attached hydrogen (secondary N) is 1. The second kappa shape index (κ2) is 5.49. The Morgan fingerprint density at radius 3 is 2.69 bits per heavy atom. The van der Waals surface area contributed by atoms with E-state index in [4.69, 9.17) is 0 Å². The number of pyridine rings is 1. The molecule has 1 amide bonds. The van der Waals surface area contributed by atoms with Crippen LogP contribution < -0.4 is 5.32 Å². The van der Waals surface area contributed by atoms with Gasteiger partial charge in [-0.15, -0.1) is 0 Å². The van der Waals surface area contributed by atoms with Crippen molar-refractivity contribution in [3.8, 4) is 5.75 Å². The van der Waals surface area contributed by atoms with Crippen LogP contribution in [-0.2, 0) is 0 Å². The minimum atomic E-state index is -0.191. The van der Waals surface area contributed by atoms with Crippen molar-refractivity contribution in [2.45, 2.75) is 33.2 Å². The number of amides is 1. The lowest BCUT2D eigenvalue weighted by atomic mass is 10.0. The minimum Gasteiger partial charge on any atom is -0.506 e. The highest BCUT2D eigenvalue weighted by Gasteiger charge is 2.15. The van der Waals surface area contributed by atoms with E-state index in [-0.39, 0.29) is 17.7 Å². The van der Waals surface area contributed by atoms with E-state index in [1.165, 1.54) is 18.5 Å². The van der Waals surface area contributed by atoms with Gasteiger partial charge in [0, 0.05) is 12.2 Å². The summed E-state index contributed by atoms with van der Waals surface area (Å²) >= 11 is 0. The average Bonchev–Trinajstić information content (AvgIpc) is 2.25. The molecule has 0 saturated carbocycles. The molecule has 0 spiro atoms. The number of rotatable bonds is 4. The van der Waals surface area contributed by atoms with Crippen molar-refractivity contribution in [1.82, 2.24) is 10.3 Å². The number of carbonyl (C=O) groups is 1. The first-order valence-corrected chi connectivity index (χ1v) is 5.49. The standard InChI is InChI=1S/C12H18N2O2/c1-4-11(8(2)3)14-12(16)9-5-10(15)7-13-6-9/h5-8,11,15H,4H2,1-3H3,(H,14,16). The van der Waals surface area contributed by atoms with Gasteiger partial charge in [-0.3, -0.25) is 9.78 Å². The highest BCUT2D eigenvalue weighted by atomic mass is 16.3. The van der Waals surface area contributed by atoms with E-state index in [0.717, 1.165) is 6.42 Å². The molecule has 0 aliphatic carbocycles. The quantitative estimate of drug-likeness (QED) is 0.818. The molecule has 0 radical (unpaired) electrons. The van der Waals surface area contributed by atoms with Crippen LogP contribution in [0.4, 0.5) is 0 Å². The van der Waals surface area contributed by atoms with Crippen LogP contribution in [0.15, 0.2) is 18.5 Å². The van der Waals surface area contributed by atoms with Crippen LogP contribution >= 0.6 is 0 Å². The number of aromatic nitrogens is 1. The zero-order valence-corrected chi connectivity index (χ0v) is 9.90. The van der Waals surface area contributed by atoms with Crippen molar-refractivity contribution < 1.29 is 9.90 Å². The van der Waals surface area contributed by atoms with E-state index < -0.39 is 0 Å². The highest BCUT2D eigenvalue weighted by molar-refractivity contribution is 5.94. The van der Waals surface area contributed by atoms with E-state index in [1.54, 1.807) is 0 Å². The second-order valence-electron chi connectivity index (χ2n) is 4.16. The molecule has 0 fully saturated rings. The molecule has 16 heavy (non-hydrogen) atoms. The molecule has 1 atom stereocenters. The molecule has 1 heterocycles. The van der Waals surface area contributed by atoms with Crippen LogP contribution in [0, 0.1) is 5.92 Å². The van der Waals surface area contributed by atoms with E-state index in [1.807, 2.05) is 6.92 Å². The van der Waals surface area contributed by atoms with E-state index in [2.05, 4.69) is 24.1 Å². The first-order chi connectivity index (χ1) is 7.54. The van der Waals surface area contributed by atoms with Crippen LogP contribution in [0.25, 0.3) is 0 Å². The van der Waals surface area contributed by atoms with Crippen LogP contribution in [0.3, 0.4) is 0 Å². The molecule has 1 aromatic rings. The van der Waals surface area contributed by atoms with Crippen molar-refractivity contribution in [1.29, 1.82) is 0 Å². The number of hydrogen-bond acceptors (Lipinski definition) is 3. The van der Waals surface area contributed by atoms with Gasteiger partial charge < -0.3 is 10.4 Å². The summed E-state index contributed by atoms with van der Waals surface area (Å²) in [5.41, 5.74) is 0.388. The summed E-state index contributed by atoms with van der Waals surface area (Å²) in [6.07, 6.45) is 3.63. The van der Waals surface area contributed by atoms with Gasteiger partial charge >= 0.3 is 0 Å². The summed E-state index contributed by atoms with van der Waals surface area (Å²) in [6, 6.07) is 1.56. The third kappa shape index (κ3) is 3.22. The van der Waals surface area contributed by atoms with Crippen LogP contribution in [-0.4, -0.2) is 22.0 Å². The van der Waals surface area contributed by atoms with Gasteiger partial charge in [-0.2, -0.15) is 0 Å². The molecule has 0 aromatic carbocycles. The van der Waals surface area contributed by atoms with Gasteiger partial charge in [0.15, 0.2) is 0 Å². The summed E-state index contributed by atoms with van der Waals surface area (Å²) < 4.78 is 0. The topological polar surface area (TPSA) is 62.2 Å². The largest absolute Gasteiger partial charge is 0.506 e. The molecule has 2 N–H and O–H groups in total. The van der Waals surface area contributed by atoms with Crippen molar-refractivity contribution in [2.24, 2.45) is 5.92 Å². The lowest BCUT2D eigenvalue weighted by Crippen LogP contribution is -2.38. The maximum Gasteiger partial charge on any atom is 0.253 e. The molecular weight excluding hydrogens is 204 g/mol. The maximum absolute atomic E-state index is 11.8. The normalized spacial score (nSPS) is 12.5. The Morgan fingerprint density at radius 1 is 1.50 bits per heavy atom. The Labute approximate surface area is 95.7 Å². The predicted molar refractivity (Wildman–Crippen MR) is 62.3 cm³/mol. The summed E-state index contributed by atoms with van der Waals surface area (Å²) in [6.45, 7) is 6.16.